The Labute approximate surface area is 110 Å². The van der Waals surface area contributed by atoms with Crippen LogP contribution in [0.4, 0.5) is 0 Å². The summed E-state index contributed by atoms with van der Waals surface area (Å²) in [6.45, 7) is 9.61. The zero-order chi connectivity index (χ0) is 14.0. The Morgan fingerprint density at radius 1 is 1.39 bits per heavy atom. The van der Waals surface area contributed by atoms with Gasteiger partial charge in [0.15, 0.2) is 5.96 Å². The lowest BCUT2D eigenvalue weighted by molar-refractivity contribution is -0.127. The molecule has 0 rings (SSSR count). The SMILES string of the molecule is C=CCNC(=NCC(=O)N(C)C)NCCC(C)C. The van der Waals surface area contributed by atoms with Crippen LogP contribution in [-0.4, -0.2) is 50.5 Å². The van der Waals surface area contributed by atoms with Crippen LogP contribution >= 0.6 is 0 Å². The van der Waals surface area contributed by atoms with E-state index in [1.165, 1.54) is 4.90 Å². The highest BCUT2D eigenvalue weighted by atomic mass is 16.2. The van der Waals surface area contributed by atoms with E-state index < -0.39 is 0 Å². The lowest BCUT2D eigenvalue weighted by Gasteiger charge is -2.13. The molecule has 2 N–H and O–H groups in total. The van der Waals surface area contributed by atoms with E-state index in [9.17, 15) is 4.79 Å². The molecule has 0 saturated carbocycles. The Kier molecular flexibility index (Phi) is 8.70. The van der Waals surface area contributed by atoms with Crippen LogP contribution in [0.5, 0.6) is 0 Å². The first-order chi connectivity index (χ1) is 8.47. The van der Waals surface area contributed by atoms with Crippen molar-refractivity contribution in [3.63, 3.8) is 0 Å². The van der Waals surface area contributed by atoms with Gasteiger partial charge in [0.1, 0.15) is 6.54 Å². The Morgan fingerprint density at radius 3 is 2.56 bits per heavy atom. The van der Waals surface area contributed by atoms with Crippen LogP contribution < -0.4 is 10.6 Å². The number of carbonyl (C=O) groups is 1. The van der Waals surface area contributed by atoms with Crippen molar-refractivity contribution in [1.29, 1.82) is 0 Å². The Balaban J connectivity index is 4.23. The van der Waals surface area contributed by atoms with Crippen LogP contribution in [0.25, 0.3) is 0 Å². The van der Waals surface area contributed by atoms with Crippen LogP contribution in [0, 0.1) is 5.92 Å². The second kappa shape index (κ2) is 9.50. The molecular weight excluding hydrogens is 228 g/mol. The van der Waals surface area contributed by atoms with Gasteiger partial charge in [0.25, 0.3) is 0 Å². The van der Waals surface area contributed by atoms with E-state index in [0.29, 0.717) is 18.4 Å². The number of hydrogen-bond donors (Lipinski definition) is 2. The normalized spacial score (nSPS) is 11.3. The molecule has 0 aliphatic heterocycles. The summed E-state index contributed by atoms with van der Waals surface area (Å²) in [7, 11) is 3.45. The summed E-state index contributed by atoms with van der Waals surface area (Å²) in [6, 6.07) is 0. The van der Waals surface area contributed by atoms with Crippen LogP contribution in [0.1, 0.15) is 20.3 Å². The van der Waals surface area contributed by atoms with Crippen molar-refractivity contribution in [2.75, 3.05) is 33.7 Å². The van der Waals surface area contributed by atoms with E-state index in [2.05, 4.69) is 36.1 Å². The number of aliphatic imine (C=N–C) groups is 1. The number of rotatable bonds is 7. The molecular formula is C13H26N4O. The zero-order valence-electron chi connectivity index (χ0n) is 12.0. The molecule has 0 unspecified atom stereocenters. The van der Waals surface area contributed by atoms with Gasteiger partial charge < -0.3 is 15.5 Å². The van der Waals surface area contributed by atoms with Gasteiger partial charge in [-0.3, -0.25) is 4.79 Å². The fourth-order valence-electron chi connectivity index (χ4n) is 1.11. The van der Waals surface area contributed by atoms with Crippen LogP contribution in [0.3, 0.4) is 0 Å². The van der Waals surface area contributed by atoms with Crippen molar-refractivity contribution in [1.82, 2.24) is 15.5 Å². The largest absolute Gasteiger partial charge is 0.356 e. The minimum absolute atomic E-state index is 0.0152. The lowest BCUT2D eigenvalue weighted by Crippen LogP contribution is -2.39. The maximum Gasteiger partial charge on any atom is 0.243 e. The molecule has 0 aliphatic rings. The van der Waals surface area contributed by atoms with E-state index in [0.717, 1.165) is 13.0 Å². The molecule has 0 atom stereocenters. The summed E-state index contributed by atoms with van der Waals surface area (Å²) in [6.07, 6.45) is 2.82. The third-order valence-corrected chi connectivity index (χ3v) is 2.30. The summed E-state index contributed by atoms with van der Waals surface area (Å²) in [5.41, 5.74) is 0. The van der Waals surface area contributed by atoms with Gasteiger partial charge >= 0.3 is 0 Å². The number of nitrogens with one attached hydrogen (secondary N) is 2. The molecule has 0 aromatic carbocycles. The third kappa shape index (κ3) is 8.61. The molecule has 0 aliphatic carbocycles. The molecule has 18 heavy (non-hydrogen) atoms. The highest BCUT2D eigenvalue weighted by Gasteiger charge is 2.04. The van der Waals surface area contributed by atoms with Crippen LogP contribution in [0.15, 0.2) is 17.6 Å². The molecule has 0 heterocycles. The van der Waals surface area contributed by atoms with E-state index >= 15 is 0 Å². The molecule has 0 aromatic heterocycles. The standard InChI is InChI=1S/C13H26N4O/c1-6-8-14-13(15-9-7-11(2)3)16-10-12(18)17(4)5/h6,11H,1,7-10H2,2-5H3,(H2,14,15,16). The Bertz CT molecular complexity index is 285. The summed E-state index contributed by atoms with van der Waals surface area (Å²) >= 11 is 0. The van der Waals surface area contributed by atoms with Crippen molar-refractivity contribution >= 4 is 11.9 Å². The Morgan fingerprint density at radius 2 is 2.06 bits per heavy atom. The zero-order valence-corrected chi connectivity index (χ0v) is 12.0. The molecule has 104 valence electrons. The molecule has 1 amide bonds. The maximum atomic E-state index is 11.4. The highest BCUT2D eigenvalue weighted by Crippen LogP contribution is 1.96. The monoisotopic (exact) mass is 254 g/mol. The molecule has 0 aromatic rings. The Hall–Kier alpha value is -1.52. The smallest absolute Gasteiger partial charge is 0.243 e. The fraction of sp³-hybridized carbons (Fsp3) is 0.692. The summed E-state index contributed by atoms with van der Waals surface area (Å²) in [5, 5.41) is 6.29. The van der Waals surface area contributed by atoms with Gasteiger partial charge in [0, 0.05) is 27.2 Å². The van der Waals surface area contributed by atoms with Crippen molar-refractivity contribution < 1.29 is 4.79 Å². The average molecular weight is 254 g/mol. The molecule has 5 nitrogen and oxygen atoms in total. The first-order valence-electron chi connectivity index (χ1n) is 6.30. The van der Waals surface area contributed by atoms with E-state index in [4.69, 9.17) is 0 Å². The van der Waals surface area contributed by atoms with E-state index in [-0.39, 0.29) is 12.5 Å². The van der Waals surface area contributed by atoms with Gasteiger partial charge in [-0.2, -0.15) is 0 Å². The number of amides is 1. The summed E-state index contributed by atoms with van der Waals surface area (Å²) in [5.74, 6) is 1.28. The van der Waals surface area contributed by atoms with Crippen molar-refractivity contribution in [2.45, 2.75) is 20.3 Å². The molecule has 0 radical (unpaired) electrons. The van der Waals surface area contributed by atoms with Crippen LogP contribution in [-0.2, 0) is 4.79 Å². The van der Waals surface area contributed by atoms with Gasteiger partial charge in [-0.1, -0.05) is 19.9 Å². The molecule has 0 saturated heterocycles. The number of guanidine groups is 1. The first kappa shape index (κ1) is 16.5. The highest BCUT2D eigenvalue weighted by molar-refractivity contribution is 5.84. The predicted molar refractivity (Wildman–Crippen MR) is 76.7 cm³/mol. The maximum absolute atomic E-state index is 11.4. The summed E-state index contributed by atoms with van der Waals surface area (Å²) < 4.78 is 0. The second-order valence-electron chi connectivity index (χ2n) is 4.73. The van der Waals surface area contributed by atoms with Gasteiger partial charge in [-0.25, -0.2) is 4.99 Å². The first-order valence-corrected chi connectivity index (χ1v) is 6.30. The van der Waals surface area contributed by atoms with Crippen LogP contribution in [0.2, 0.25) is 0 Å². The fourth-order valence-corrected chi connectivity index (χ4v) is 1.11. The molecule has 5 heteroatoms. The second-order valence-corrected chi connectivity index (χ2v) is 4.73. The number of hydrogen-bond acceptors (Lipinski definition) is 2. The number of likely N-dealkylation sites (N-methyl/N-ethyl adjacent to an activating group) is 1. The van der Waals surface area contributed by atoms with Gasteiger partial charge in [0.05, 0.1) is 0 Å². The average Bonchev–Trinajstić information content (AvgIpc) is 2.30. The lowest BCUT2D eigenvalue weighted by atomic mass is 10.1. The van der Waals surface area contributed by atoms with Crippen molar-refractivity contribution in [2.24, 2.45) is 10.9 Å². The predicted octanol–water partition coefficient (Wildman–Crippen LogP) is 0.842. The van der Waals surface area contributed by atoms with Crippen molar-refractivity contribution in [3.05, 3.63) is 12.7 Å². The third-order valence-electron chi connectivity index (χ3n) is 2.30. The quantitative estimate of drug-likeness (QED) is 0.402. The van der Waals surface area contributed by atoms with Gasteiger partial charge in [-0.05, 0) is 12.3 Å². The topological polar surface area (TPSA) is 56.7 Å². The van der Waals surface area contributed by atoms with E-state index in [1.807, 2.05) is 0 Å². The van der Waals surface area contributed by atoms with Gasteiger partial charge in [0.2, 0.25) is 5.91 Å². The minimum atomic E-state index is -0.0152. The number of nitrogens with zero attached hydrogens (tertiary/aromatic N) is 2. The number of carbonyl (C=O) groups excluding carboxylic acids is 1. The minimum Gasteiger partial charge on any atom is -0.356 e. The molecule has 0 bridgehead atoms. The van der Waals surface area contributed by atoms with Gasteiger partial charge in [-0.15, -0.1) is 6.58 Å². The molecule has 0 spiro atoms. The van der Waals surface area contributed by atoms with E-state index in [1.54, 1.807) is 20.2 Å². The molecule has 0 fully saturated rings. The summed E-state index contributed by atoms with van der Waals surface area (Å²) in [4.78, 5) is 17.2. The van der Waals surface area contributed by atoms with Crippen molar-refractivity contribution in [3.8, 4) is 0 Å².